The third kappa shape index (κ3) is 2.11. The van der Waals surface area contributed by atoms with E-state index in [1.54, 1.807) is 6.07 Å². The highest BCUT2D eigenvalue weighted by Gasteiger charge is 2.03. The van der Waals surface area contributed by atoms with Crippen LogP contribution in [-0.4, -0.2) is 9.97 Å². The van der Waals surface area contributed by atoms with Gasteiger partial charge in [-0.3, -0.25) is 0 Å². The van der Waals surface area contributed by atoms with Crippen LogP contribution in [0.25, 0.3) is 11.3 Å². The van der Waals surface area contributed by atoms with E-state index in [-0.39, 0.29) is 5.95 Å². The van der Waals surface area contributed by atoms with Crippen molar-refractivity contribution in [1.29, 1.82) is 0 Å². The first-order chi connectivity index (χ1) is 7.69. The molecule has 4 nitrogen and oxygen atoms in total. The van der Waals surface area contributed by atoms with Gasteiger partial charge in [0.1, 0.15) is 5.82 Å². The Morgan fingerprint density at radius 1 is 1.12 bits per heavy atom. The number of nitrogens with two attached hydrogens (primary N) is 2. The lowest BCUT2D eigenvalue weighted by Crippen LogP contribution is -2.00. The second-order valence-corrected chi connectivity index (χ2v) is 3.59. The summed E-state index contributed by atoms with van der Waals surface area (Å²) >= 11 is 0. The summed E-state index contributed by atoms with van der Waals surface area (Å²) in [5, 5.41) is 0. The summed E-state index contributed by atoms with van der Waals surface area (Å²) in [4.78, 5) is 8.01. The highest BCUT2D eigenvalue weighted by molar-refractivity contribution is 5.63. The Kier molecular flexibility index (Phi) is 2.72. The molecule has 0 aliphatic heterocycles. The molecule has 1 aromatic carbocycles. The predicted molar refractivity (Wildman–Crippen MR) is 65.7 cm³/mol. The molecule has 4 heteroatoms. The molecule has 4 N–H and O–H groups in total. The van der Waals surface area contributed by atoms with Crippen LogP contribution in [0.4, 0.5) is 11.8 Å². The first-order valence-electron chi connectivity index (χ1n) is 5.18. The quantitative estimate of drug-likeness (QED) is 0.800. The van der Waals surface area contributed by atoms with Crippen molar-refractivity contribution < 1.29 is 0 Å². The van der Waals surface area contributed by atoms with Crippen molar-refractivity contribution >= 4 is 11.8 Å². The van der Waals surface area contributed by atoms with Crippen LogP contribution in [0, 0.1) is 0 Å². The van der Waals surface area contributed by atoms with Crippen LogP contribution < -0.4 is 11.5 Å². The van der Waals surface area contributed by atoms with Crippen molar-refractivity contribution in [2.75, 3.05) is 11.5 Å². The van der Waals surface area contributed by atoms with E-state index in [4.69, 9.17) is 11.5 Å². The maximum absolute atomic E-state index is 5.64. The number of rotatable bonds is 2. The zero-order valence-electron chi connectivity index (χ0n) is 9.14. The fourth-order valence-corrected chi connectivity index (χ4v) is 1.58. The van der Waals surface area contributed by atoms with Crippen LogP contribution in [0.5, 0.6) is 0 Å². The Hall–Kier alpha value is -2.10. The zero-order chi connectivity index (χ0) is 11.5. The topological polar surface area (TPSA) is 77.8 Å². The van der Waals surface area contributed by atoms with Crippen LogP contribution in [0.3, 0.4) is 0 Å². The van der Waals surface area contributed by atoms with Crippen LogP contribution in [-0.2, 0) is 6.42 Å². The van der Waals surface area contributed by atoms with E-state index in [0.717, 1.165) is 17.7 Å². The fourth-order valence-electron chi connectivity index (χ4n) is 1.58. The van der Waals surface area contributed by atoms with E-state index < -0.39 is 0 Å². The second-order valence-electron chi connectivity index (χ2n) is 3.59. The van der Waals surface area contributed by atoms with E-state index in [2.05, 4.69) is 29.0 Å². The van der Waals surface area contributed by atoms with Crippen LogP contribution in [0.1, 0.15) is 12.5 Å². The molecular weight excluding hydrogens is 200 g/mol. The molecule has 0 radical (unpaired) electrons. The van der Waals surface area contributed by atoms with Crippen molar-refractivity contribution in [3.05, 3.63) is 35.9 Å². The molecule has 82 valence electrons. The van der Waals surface area contributed by atoms with Gasteiger partial charge in [0.05, 0.1) is 5.69 Å². The molecule has 0 fully saturated rings. The first-order valence-corrected chi connectivity index (χ1v) is 5.18. The van der Waals surface area contributed by atoms with Gasteiger partial charge in [0.25, 0.3) is 0 Å². The summed E-state index contributed by atoms with van der Waals surface area (Å²) in [5.41, 5.74) is 14.2. The SMILES string of the molecule is CCc1cccc(-c2cc(N)nc(N)n2)c1. The van der Waals surface area contributed by atoms with Gasteiger partial charge < -0.3 is 11.5 Å². The smallest absolute Gasteiger partial charge is 0.222 e. The maximum atomic E-state index is 5.64. The molecule has 0 spiro atoms. The monoisotopic (exact) mass is 214 g/mol. The van der Waals surface area contributed by atoms with Crippen molar-refractivity contribution in [2.45, 2.75) is 13.3 Å². The number of nitrogens with zero attached hydrogens (tertiary/aromatic N) is 2. The lowest BCUT2D eigenvalue weighted by molar-refractivity contribution is 1.14. The molecule has 0 amide bonds. The molecule has 0 saturated heterocycles. The largest absolute Gasteiger partial charge is 0.384 e. The van der Waals surface area contributed by atoms with E-state index in [0.29, 0.717) is 5.82 Å². The molecular formula is C12H14N4. The maximum Gasteiger partial charge on any atom is 0.222 e. The molecule has 0 atom stereocenters. The summed E-state index contributed by atoms with van der Waals surface area (Å²) in [6.45, 7) is 2.11. The summed E-state index contributed by atoms with van der Waals surface area (Å²) < 4.78 is 0. The van der Waals surface area contributed by atoms with Gasteiger partial charge in [-0.25, -0.2) is 4.98 Å². The Bertz CT molecular complexity index is 488. The minimum atomic E-state index is 0.205. The third-order valence-corrected chi connectivity index (χ3v) is 2.39. The van der Waals surface area contributed by atoms with Crippen molar-refractivity contribution in [1.82, 2.24) is 9.97 Å². The van der Waals surface area contributed by atoms with Gasteiger partial charge in [-0.1, -0.05) is 25.1 Å². The van der Waals surface area contributed by atoms with Crippen molar-refractivity contribution in [3.8, 4) is 11.3 Å². The molecule has 0 aliphatic rings. The standard InChI is InChI=1S/C12H14N4/c1-2-8-4-3-5-9(6-8)10-7-11(13)16-12(14)15-10/h3-7H,2H2,1H3,(H4,13,14,15,16). The Balaban J connectivity index is 2.49. The van der Waals surface area contributed by atoms with Crippen LogP contribution >= 0.6 is 0 Å². The normalized spacial score (nSPS) is 10.3. The zero-order valence-corrected chi connectivity index (χ0v) is 9.14. The second kappa shape index (κ2) is 4.18. The molecule has 0 saturated carbocycles. The first kappa shape index (κ1) is 10.4. The van der Waals surface area contributed by atoms with E-state index >= 15 is 0 Å². The molecule has 0 unspecified atom stereocenters. The molecule has 2 rings (SSSR count). The van der Waals surface area contributed by atoms with E-state index in [9.17, 15) is 0 Å². The minimum absolute atomic E-state index is 0.205. The Labute approximate surface area is 94.3 Å². The van der Waals surface area contributed by atoms with Gasteiger partial charge in [0.2, 0.25) is 5.95 Å². The number of hydrogen-bond donors (Lipinski definition) is 2. The summed E-state index contributed by atoms with van der Waals surface area (Å²) in [7, 11) is 0. The number of aromatic nitrogens is 2. The Morgan fingerprint density at radius 2 is 1.94 bits per heavy atom. The van der Waals surface area contributed by atoms with Gasteiger partial charge in [0, 0.05) is 11.6 Å². The predicted octanol–water partition coefficient (Wildman–Crippen LogP) is 1.87. The van der Waals surface area contributed by atoms with Gasteiger partial charge in [-0.15, -0.1) is 0 Å². The fraction of sp³-hybridized carbons (Fsp3) is 0.167. The van der Waals surface area contributed by atoms with Crippen LogP contribution in [0.15, 0.2) is 30.3 Å². The highest BCUT2D eigenvalue weighted by atomic mass is 15.0. The average molecular weight is 214 g/mol. The third-order valence-electron chi connectivity index (χ3n) is 2.39. The number of anilines is 2. The van der Waals surface area contributed by atoms with Gasteiger partial charge >= 0.3 is 0 Å². The lowest BCUT2D eigenvalue weighted by atomic mass is 10.1. The number of aryl methyl sites for hydroxylation is 1. The molecule has 16 heavy (non-hydrogen) atoms. The van der Waals surface area contributed by atoms with Crippen molar-refractivity contribution in [3.63, 3.8) is 0 Å². The molecule has 0 aliphatic carbocycles. The van der Waals surface area contributed by atoms with E-state index in [1.165, 1.54) is 5.56 Å². The number of nitrogen functional groups attached to an aromatic ring is 2. The highest BCUT2D eigenvalue weighted by Crippen LogP contribution is 2.20. The van der Waals surface area contributed by atoms with Gasteiger partial charge in [0.15, 0.2) is 0 Å². The Morgan fingerprint density at radius 3 is 2.62 bits per heavy atom. The molecule has 1 aromatic heterocycles. The van der Waals surface area contributed by atoms with Crippen molar-refractivity contribution in [2.24, 2.45) is 0 Å². The summed E-state index contributed by atoms with van der Waals surface area (Å²) in [6, 6.07) is 9.88. The molecule has 0 bridgehead atoms. The minimum Gasteiger partial charge on any atom is -0.384 e. The number of benzene rings is 1. The van der Waals surface area contributed by atoms with Gasteiger partial charge in [-0.05, 0) is 18.1 Å². The average Bonchev–Trinajstić information content (AvgIpc) is 2.28. The van der Waals surface area contributed by atoms with E-state index in [1.807, 2.05) is 12.1 Å². The lowest BCUT2D eigenvalue weighted by Gasteiger charge is -2.04. The summed E-state index contributed by atoms with van der Waals surface area (Å²) in [5.74, 6) is 0.598. The molecule has 2 aromatic rings. The summed E-state index contributed by atoms with van der Waals surface area (Å²) in [6.07, 6.45) is 0.990. The molecule has 1 heterocycles. The van der Waals surface area contributed by atoms with Gasteiger partial charge in [-0.2, -0.15) is 4.98 Å². The number of hydrogen-bond acceptors (Lipinski definition) is 4. The van der Waals surface area contributed by atoms with Crippen LogP contribution in [0.2, 0.25) is 0 Å².